The Kier molecular flexibility index (Phi) is 5.80. The number of sulfonamides is 1. The van der Waals surface area contributed by atoms with Gasteiger partial charge in [0.25, 0.3) is 15.9 Å². The highest BCUT2D eigenvalue weighted by molar-refractivity contribution is 7.92. The summed E-state index contributed by atoms with van der Waals surface area (Å²) in [6.07, 6.45) is 1.59. The SMILES string of the molecule is O=C(Nc1nnc(-c2cccc(Cl)c2)o1)c1ccc(S(=O)(=O)N2CCCc3ccccc32)cc1. The zero-order valence-corrected chi connectivity index (χ0v) is 19.4. The molecule has 0 saturated heterocycles. The lowest BCUT2D eigenvalue weighted by molar-refractivity contribution is 0.102. The quantitative estimate of drug-likeness (QED) is 0.428. The zero-order valence-electron chi connectivity index (χ0n) is 17.8. The molecule has 1 aliphatic rings. The van der Waals surface area contributed by atoms with Crippen molar-refractivity contribution in [3.8, 4) is 11.5 Å². The van der Waals surface area contributed by atoms with Gasteiger partial charge in [-0.3, -0.25) is 14.4 Å². The molecule has 5 rings (SSSR count). The largest absolute Gasteiger partial charge is 0.403 e. The van der Waals surface area contributed by atoms with Crippen molar-refractivity contribution in [2.24, 2.45) is 0 Å². The molecular formula is C24H19ClN4O4S. The van der Waals surface area contributed by atoms with Gasteiger partial charge < -0.3 is 4.42 Å². The van der Waals surface area contributed by atoms with Crippen LogP contribution in [0.5, 0.6) is 0 Å². The summed E-state index contributed by atoms with van der Waals surface area (Å²) < 4.78 is 33.5. The van der Waals surface area contributed by atoms with E-state index in [1.54, 1.807) is 24.3 Å². The third kappa shape index (κ3) is 4.27. The minimum absolute atomic E-state index is 0.0819. The number of nitrogens with zero attached hydrogens (tertiary/aromatic N) is 3. The van der Waals surface area contributed by atoms with Crippen LogP contribution in [0, 0.1) is 0 Å². The summed E-state index contributed by atoms with van der Waals surface area (Å²) in [7, 11) is -3.76. The first kappa shape index (κ1) is 22.1. The summed E-state index contributed by atoms with van der Waals surface area (Å²) in [5.74, 6) is -0.297. The molecule has 0 aliphatic carbocycles. The molecule has 4 aromatic rings. The first-order valence-corrected chi connectivity index (χ1v) is 12.4. The Bertz CT molecular complexity index is 1470. The van der Waals surface area contributed by atoms with Crippen molar-refractivity contribution in [1.29, 1.82) is 0 Å². The molecule has 0 radical (unpaired) electrons. The van der Waals surface area contributed by atoms with Crippen molar-refractivity contribution in [1.82, 2.24) is 10.2 Å². The van der Waals surface area contributed by atoms with Crippen LogP contribution in [0.2, 0.25) is 5.02 Å². The summed E-state index contributed by atoms with van der Waals surface area (Å²) >= 11 is 5.98. The van der Waals surface area contributed by atoms with Crippen LogP contribution >= 0.6 is 11.6 Å². The number of fused-ring (bicyclic) bond motifs is 1. The van der Waals surface area contributed by atoms with Gasteiger partial charge in [-0.25, -0.2) is 8.42 Å². The van der Waals surface area contributed by atoms with Crippen LogP contribution in [0.4, 0.5) is 11.7 Å². The average Bonchev–Trinajstić information content (AvgIpc) is 3.32. The summed E-state index contributed by atoms with van der Waals surface area (Å²) in [5.41, 5.74) is 2.57. The molecule has 0 fully saturated rings. The Morgan fingerprint density at radius 1 is 1.00 bits per heavy atom. The number of halogens is 1. The van der Waals surface area contributed by atoms with Gasteiger partial charge in [-0.2, -0.15) is 0 Å². The van der Waals surface area contributed by atoms with Crippen LogP contribution in [-0.2, 0) is 16.4 Å². The van der Waals surface area contributed by atoms with E-state index < -0.39 is 15.9 Å². The van der Waals surface area contributed by atoms with Gasteiger partial charge in [0, 0.05) is 22.7 Å². The summed E-state index contributed by atoms with van der Waals surface area (Å²) in [5, 5.41) is 10.8. The summed E-state index contributed by atoms with van der Waals surface area (Å²) in [4.78, 5) is 12.7. The van der Waals surface area contributed by atoms with Gasteiger partial charge in [-0.05, 0) is 66.9 Å². The van der Waals surface area contributed by atoms with Gasteiger partial charge in [-0.1, -0.05) is 41.0 Å². The highest BCUT2D eigenvalue weighted by Crippen LogP contribution is 2.32. The Labute approximate surface area is 201 Å². The van der Waals surface area contributed by atoms with Crippen LogP contribution in [0.25, 0.3) is 11.5 Å². The molecule has 1 amide bonds. The fourth-order valence-corrected chi connectivity index (χ4v) is 5.57. The van der Waals surface area contributed by atoms with E-state index in [1.165, 1.54) is 28.6 Å². The van der Waals surface area contributed by atoms with Gasteiger partial charge in [0.1, 0.15) is 0 Å². The molecule has 8 nitrogen and oxygen atoms in total. The molecule has 0 saturated carbocycles. The van der Waals surface area contributed by atoms with E-state index in [4.69, 9.17) is 16.0 Å². The number of para-hydroxylation sites is 1. The fourth-order valence-electron chi connectivity index (χ4n) is 3.84. The van der Waals surface area contributed by atoms with Gasteiger partial charge in [0.2, 0.25) is 5.89 Å². The van der Waals surface area contributed by atoms with Gasteiger partial charge in [0.15, 0.2) is 0 Å². The van der Waals surface area contributed by atoms with Gasteiger partial charge in [-0.15, -0.1) is 5.10 Å². The minimum atomic E-state index is -3.76. The maximum absolute atomic E-state index is 13.3. The van der Waals surface area contributed by atoms with Crippen LogP contribution in [-0.4, -0.2) is 31.1 Å². The first-order valence-electron chi connectivity index (χ1n) is 10.5. The second kappa shape index (κ2) is 8.92. The molecular weight excluding hydrogens is 476 g/mol. The van der Waals surface area contributed by atoms with E-state index in [1.807, 2.05) is 24.3 Å². The first-order chi connectivity index (χ1) is 16.4. The normalized spacial score (nSPS) is 13.4. The van der Waals surface area contributed by atoms with Crippen molar-refractivity contribution in [2.45, 2.75) is 17.7 Å². The van der Waals surface area contributed by atoms with E-state index in [2.05, 4.69) is 15.5 Å². The molecule has 1 aliphatic heterocycles. The lowest BCUT2D eigenvalue weighted by Gasteiger charge is -2.30. The smallest absolute Gasteiger partial charge is 0.322 e. The molecule has 0 spiro atoms. The Balaban J connectivity index is 1.32. The number of anilines is 2. The second-order valence-electron chi connectivity index (χ2n) is 7.71. The van der Waals surface area contributed by atoms with Crippen LogP contribution in [0.15, 0.2) is 82.1 Å². The predicted molar refractivity (Wildman–Crippen MR) is 128 cm³/mol. The van der Waals surface area contributed by atoms with E-state index in [0.29, 0.717) is 22.8 Å². The Morgan fingerprint density at radius 2 is 1.79 bits per heavy atom. The molecule has 0 bridgehead atoms. The van der Waals surface area contributed by atoms with E-state index in [0.717, 1.165) is 18.4 Å². The summed E-state index contributed by atoms with van der Waals surface area (Å²) in [6, 6.07) is 20.1. The zero-order chi connectivity index (χ0) is 23.7. The number of aromatic nitrogens is 2. The standard InChI is InChI=1S/C24H19ClN4O4S/c25-19-8-3-6-18(15-19)23-27-28-24(33-23)26-22(30)17-10-12-20(13-11-17)34(31,32)29-14-4-7-16-5-1-2-9-21(16)29/h1-3,5-6,8-13,15H,4,7,14H2,(H,26,28,30). The van der Waals surface area contributed by atoms with Crippen molar-refractivity contribution in [3.63, 3.8) is 0 Å². The molecule has 10 heteroatoms. The highest BCUT2D eigenvalue weighted by Gasteiger charge is 2.29. The van der Waals surface area contributed by atoms with Crippen LogP contribution < -0.4 is 9.62 Å². The van der Waals surface area contributed by atoms with Crippen molar-refractivity contribution in [3.05, 3.63) is 88.9 Å². The lowest BCUT2D eigenvalue weighted by Crippen LogP contribution is -2.35. The third-order valence-corrected chi connectivity index (χ3v) is 7.55. The highest BCUT2D eigenvalue weighted by atomic mass is 35.5. The second-order valence-corrected chi connectivity index (χ2v) is 10.0. The number of carbonyl (C=O) groups is 1. The molecule has 34 heavy (non-hydrogen) atoms. The molecule has 0 atom stereocenters. The molecule has 172 valence electrons. The fraction of sp³-hybridized carbons (Fsp3) is 0.125. The third-order valence-electron chi connectivity index (χ3n) is 5.49. The molecule has 3 aromatic carbocycles. The average molecular weight is 495 g/mol. The van der Waals surface area contributed by atoms with Crippen molar-refractivity contribution >= 4 is 39.2 Å². The van der Waals surface area contributed by atoms with E-state index in [-0.39, 0.29) is 22.4 Å². The lowest BCUT2D eigenvalue weighted by atomic mass is 10.0. The van der Waals surface area contributed by atoms with E-state index in [9.17, 15) is 13.2 Å². The number of amides is 1. The Morgan fingerprint density at radius 3 is 2.59 bits per heavy atom. The molecule has 0 unspecified atom stereocenters. The Hall–Kier alpha value is -3.69. The summed E-state index contributed by atoms with van der Waals surface area (Å²) in [6.45, 7) is 0.410. The number of nitrogens with one attached hydrogen (secondary N) is 1. The topological polar surface area (TPSA) is 105 Å². The number of aryl methyl sites for hydroxylation is 1. The number of rotatable bonds is 5. The maximum Gasteiger partial charge on any atom is 0.322 e. The van der Waals surface area contributed by atoms with Crippen molar-refractivity contribution < 1.29 is 17.6 Å². The van der Waals surface area contributed by atoms with E-state index >= 15 is 0 Å². The molecule has 1 N–H and O–H groups in total. The molecule has 2 heterocycles. The monoisotopic (exact) mass is 494 g/mol. The number of hydrogen-bond donors (Lipinski definition) is 1. The van der Waals surface area contributed by atoms with Crippen LogP contribution in [0.3, 0.4) is 0 Å². The minimum Gasteiger partial charge on any atom is -0.403 e. The molecule has 1 aromatic heterocycles. The van der Waals surface area contributed by atoms with Gasteiger partial charge in [0.05, 0.1) is 10.6 Å². The maximum atomic E-state index is 13.3. The number of benzene rings is 3. The van der Waals surface area contributed by atoms with Crippen molar-refractivity contribution in [2.75, 3.05) is 16.2 Å². The van der Waals surface area contributed by atoms with Gasteiger partial charge >= 0.3 is 6.01 Å². The number of hydrogen-bond acceptors (Lipinski definition) is 6. The van der Waals surface area contributed by atoms with Crippen LogP contribution in [0.1, 0.15) is 22.3 Å². The number of carbonyl (C=O) groups excluding carboxylic acids is 1. The predicted octanol–water partition coefficient (Wildman–Crippen LogP) is 4.78.